The molecule has 0 atom stereocenters. The molecule has 0 radical (unpaired) electrons. The molecule has 0 aliphatic carbocycles. The molecule has 0 bridgehead atoms. The van der Waals surface area contributed by atoms with Crippen LogP contribution in [0.1, 0.15) is 13.8 Å². The Morgan fingerprint density at radius 3 is 1.08 bits per heavy atom. The minimum Gasteiger partial charge on any atom is -0.466 e. The summed E-state index contributed by atoms with van der Waals surface area (Å²) in [6.45, 7) is 3.75. The van der Waals surface area contributed by atoms with Gasteiger partial charge in [-0.2, -0.15) is 19.2 Å². The number of carbonyl (C=O) groups is 2. The lowest BCUT2D eigenvalue weighted by atomic mass is 10.4. The highest BCUT2D eigenvalue weighted by Gasteiger charge is 1.85. The molecule has 0 saturated carbocycles. The van der Waals surface area contributed by atoms with E-state index < -0.39 is 0 Å². The van der Waals surface area contributed by atoms with E-state index in [4.69, 9.17) is 19.2 Å². The number of rotatable bonds is 4. The molecule has 0 amide bonds. The van der Waals surface area contributed by atoms with Crippen LogP contribution in [0.5, 0.6) is 0 Å². The molecule has 0 rings (SSSR count). The van der Waals surface area contributed by atoms with E-state index in [0.29, 0.717) is 0 Å². The molecule has 132 valence electrons. The van der Waals surface area contributed by atoms with Crippen LogP contribution >= 0.6 is 0 Å². The highest BCUT2D eigenvalue weighted by atomic mass is 16.5. The Kier molecular flexibility index (Phi) is 38.2. The number of allylic oxidation sites excluding steroid dienone is 6. The predicted molar refractivity (Wildman–Crippen MR) is 82.0 cm³/mol. The normalized spacial score (nSPS) is 8.83. The Balaban J connectivity index is -0.000000126. The Morgan fingerprint density at radius 2 is 0.917 bits per heavy atom. The minimum atomic E-state index is -0.326. The van der Waals surface area contributed by atoms with E-state index >= 15 is 0 Å². The van der Waals surface area contributed by atoms with E-state index in [-0.39, 0.29) is 24.2 Å². The summed E-state index contributed by atoms with van der Waals surface area (Å²) in [6.07, 6.45) is 13.7. The van der Waals surface area contributed by atoms with Crippen LogP contribution in [0.25, 0.3) is 0 Å². The molecule has 0 fully saturated rings. The standard InChI is InChI=1S/2C7H10O2.2CO2/c2*1-3-4-5-6-7(8)9-2;2*2-1-3/h2*3-6H,1-2H3;;/b4-3+,6-5+;;;. The van der Waals surface area contributed by atoms with Crippen molar-refractivity contribution in [1.29, 1.82) is 0 Å². The lowest BCUT2D eigenvalue weighted by molar-refractivity contribution is -0.193. The summed E-state index contributed by atoms with van der Waals surface area (Å²) in [5.74, 6) is -0.652. The van der Waals surface area contributed by atoms with Crippen LogP contribution in [0.4, 0.5) is 0 Å². The van der Waals surface area contributed by atoms with Gasteiger partial charge in [0.15, 0.2) is 0 Å². The Labute approximate surface area is 140 Å². The lowest BCUT2D eigenvalue weighted by Crippen LogP contribution is -1.92. The molecule has 0 heterocycles. The van der Waals surface area contributed by atoms with Crippen molar-refractivity contribution in [2.75, 3.05) is 14.2 Å². The van der Waals surface area contributed by atoms with E-state index in [1.807, 2.05) is 26.0 Å². The summed E-state index contributed by atoms with van der Waals surface area (Å²) >= 11 is 0. The summed E-state index contributed by atoms with van der Waals surface area (Å²) in [4.78, 5) is 53.2. The molecular weight excluding hydrogens is 320 g/mol. The first-order valence-corrected chi connectivity index (χ1v) is 6.18. The first-order valence-electron chi connectivity index (χ1n) is 6.18. The summed E-state index contributed by atoms with van der Waals surface area (Å²) in [5.41, 5.74) is 0. The smallest absolute Gasteiger partial charge is 0.373 e. The fraction of sp³-hybridized carbons (Fsp3) is 0.250. The van der Waals surface area contributed by atoms with Gasteiger partial charge < -0.3 is 9.47 Å². The maximum Gasteiger partial charge on any atom is 0.373 e. The van der Waals surface area contributed by atoms with Crippen molar-refractivity contribution in [3.8, 4) is 0 Å². The first-order chi connectivity index (χ1) is 11.4. The second-order valence-electron chi connectivity index (χ2n) is 2.98. The molecule has 0 unspecified atom stereocenters. The van der Waals surface area contributed by atoms with E-state index in [1.54, 1.807) is 24.3 Å². The zero-order valence-corrected chi connectivity index (χ0v) is 13.9. The summed E-state index contributed by atoms with van der Waals surface area (Å²) < 4.78 is 8.67. The second kappa shape index (κ2) is 31.9. The highest BCUT2D eigenvalue weighted by molar-refractivity contribution is 5.82. The molecule has 0 aromatic heterocycles. The number of ether oxygens (including phenoxy) is 2. The molecule has 0 spiro atoms. The SMILES string of the molecule is C/C=C/C=C/C(=O)OC.CC=CC=CC(=O)OC.O=C=O.O=C=O. The van der Waals surface area contributed by atoms with Crippen molar-refractivity contribution in [2.24, 2.45) is 0 Å². The largest absolute Gasteiger partial charge is 0.466 e. The summed E-state index contributed by atoms with van der Waals surface area (Å²) in [7, 11) is 2.70. The van der Waals surface area contributed by atoms with E-state index in [0.717, 1.165) is 0 Å². The molecular formula is C16H20O8. The third-order valence-electron chi connectivity index (χ3n) is 1.47. The summed E-state index contributed by atoms with van der Waals surface area (Å²) in [6, 6.07) is 0. The van der Waals surface area contributed by atoms with Crippen LogP contribution in [0, 0.1) is 0 Å². The molecule has 8 heteroatoms. The van der Waals surface area contributed by atoms with Crippen molar-refractivity contribution in [3.63, 3.8) is 0 Å². The van der Waals surface area contributed by atoms with Crippen LogP contribution in [0.2, 0.25) is 0 Å². The van der Waals surface area contributed by atoms with Crippen molar-refractivity contribution in [1.82, 2.24) is 0 Å². The molecule has 0 aromatic rings. The molecule has 0 saturated heterocycles. The molecule has 24 heavy (non-hydrogen) atoms. The second-order valence-corrected chi connectivity index (χ2v) is 2.98. The Bertz CT molecular complexity index is 440. The van der Waals surface area contributed by atoms with E-state index in [2.05, 4.69) is 9.47 Å². The van der Waals surface area contributed by atoms with Gasteiger partial charge in [-0.25, -0.2) is 9.59 Å². The number of methoxy groups -OCH3 is 2. The van der Waals surface area contributed by atoms with Crippen molar-refractivity contribution in [2.45, 2.75) is 13.8 Å². The molecule has 0 aromatic carbocycles. The quantitative estimate of drug-likeness (QED) is 0.428. The predicted octanol–water partition coefficient (Wildman–Crippen LogP) is 1.42. The topological polar surface area (TPSA) is 121 Å². The maximum absolute atomic E-state index is 10.3. The Hall–Kier alpha value is -3.34. The van der Waals surface area contributed by atoms with E-state index in [9.17, 15) is 9.59 Å². The van der Waals surface area contributed by atoms with Gasteiger partial charge in [-0.3, -0.25) is 0 Å². The molecule has 0 N–H and O–H groups in total. The fourth-order valence-electron chi connectivity index (χ4n) is 0.627. The zero-order chi connectivity index (χ0) is 19.6. The number of hydrogen-bond acceptors (Lipinski definition) is 8. The van der Waals surface area contributed by atoms with Crippen LogP contribution in [-0.2, 0) is 38.2 Å². The monoisotopic (exact) mass is 340 g/mol. The highest BCUT2D eigenvalue weighted by Crippen LogP contribution is 1.79. The van der Waals surface area contributed by atoms with Gasteiger partial charge in [-0.1, -0.05) is 36.5 Å². The zero-order valence-electron chi connectivity index (χ0n) is 13.9. The van der Waals surface area contributed by atoms with Gasteiger partial charge in [0.05, 0.1) is 14.2 Å². The van der Waals surface area contributed by atoms with Crippen LogP contribution in [0.3, 0.4) is 0 Å². The Morgan fingerprint density at radius 1 is 0.667 bits per heavy atom. The molecule has 0 aliphatic rings. The van der Waals surface area contributed by atoms with Crippen LogP contribution < -0.4 is 0 Å². The van der Waals surface area contributed by atoms with Crippen molar-refractivity contribution < 1.29 is 38.2 Å². The van der Waals surface area contributed by atoms with Gasteiger partial charge >= 0.3 is 24.2 Å². The molecule has 0 aliphatic heterocycles. The summed E-state index contributed by atoms with van der Waals surface area (Å²) in [5, 5.41) is 0. The maximum atomic E-state index is 10.3. The third kappa shape index (κ3) is 51.2. The van der Waals surface area contributed by atoms with Gasteiger partial charge in [-0.15, -0.1) is 0 Å². The minimum absolute atomic E-state index is 0.250. The van der Waals surface area contributed by atoms with Gasteiger partial charge in [0.25, 0.3) is 0 Å². The van der Waals surface area contributed by atoms with Crippen molar-refractivity contribution in [3.05, 3.63) is 48.6 Å². The van der Waals surface area contributed by atoms with Crippen molar-refractivity contribution >= 4 is 24.2 Å². The third-order valence-corrected chi connectivity index (χ3v) is 1.47. The van der Waals surface area contributed by atoms with Gasteiger partial charge in [0.1, 0.15) is 0 Å². The fourth-order valence-corrected chi connectivity index (χ4v) is 0.627. The average molecular weight is 340 g/mol. The number of esters is 2. The van der Waals surface area contributed by atoms with Crippen LogP contribution in [0.15, 0.2) is 48.6 Å². The number of carbonyl (C=O) groups excluding carboxylic acids is 6. The first kappa shape index (κ1) is 28.8. The van der Waals surface area contributed by atoms with E-state index in [1.165, 1.54) is 26.4 Å². The molecule has 8 nitrogen and oxygen atoms in total. The lowest BCUT2D eigenvalue weighted by Gasteiger charge is -1.85. The van der Waals surface area contributed by atoms with Gasteiger partial charge in [0, 0.05) is 12.2 Å². The number of hydrogen-bond donors (Lipinski definition) is 0. The van der Waals surface area contributed by atoms with Crippen LogP contribution in [-0.4, -0.2) is 38.5 Å². The van der Waals surface area contributed by atoms with Gasteiger partial charge in [-0.05, 0) is 13.8 Å². The average Bonchev–Trinajstić information content (AvgIpc) is 2.57. The van der Waals surface area contributed by atoms with Gasteiger partial charge in [0.2, 0.25) is 0 Å².